The molecule has 0 bridgehead atoms. The van der Waals surface area contributed by atoms with Gasteiger partial charge < -0.3 is 10.8 Å². The molecule has 0 fully saturated rings. The molecule has 1 heterocycles. The van der Waals surface area contributed by atoms with E-state index >= 15 is 0 Å². The van der Waals surface area contributed by atoms with Crippen LogP contribution in [0.3, 0.4) is 0 Å². The van der Waals surface area contributed by atoms with Crippen LogP contribution in [0.15, 0.2) is 12.3 Å². The number of rotatable bonds is 7. The number of nitrogens with zero attached hydrogens (tertiary/aromatic N) is 1. The molecule has 3 N–H and O–H groups in total. The Morgan fingerprint density at radius 3 is 2.68 bits per heavy atom. The molecule has 0 spiro atoms. The Balaban J connectivity index is 3.18. The molecule has 1 aromatic heterocycles. The Morgan fingerprint density at radius 2 is 2.16 bits per heavy atom. The van der Waals surface area contributed by atoms with Crippen molar-refractivity contribution in [1.82, 2.24) is 4.98 Å². The van der Waals surface area contributed by atoms with Crippen molar-refractivity contribution in [3.8, 4) is 0 Å². The van der Waals surface area contributed by atoms with Crippen LogP contribution in [-0.4, -0.2) is 22.6 Å². The van der Waals surface area contributed by atoms with E-state index in [0.717, 1.165) is 36.8 Å². The maximum Gasteiger partial charge on any atom is 0.354 e. The van der Waals surface area contributed by atoms with Gasteiger partial charge in [0.15, 0.2) is 5.69 Å². The number of carboxylic acid groups (broad SMARTS) is 1. The molecule has 0 amide bonds. The van der Waals surface area contributed by atoms with Gasteiger partial charge >= 0.3 is 5.97 Å². The lowest BCUT2D eigenvalue weighted by Crippen LogP contribution is -2.25. The maximum atomic E-state index is 11.3. The molecular weight excluding hydrogens is 240 g/mol. The summed E-state index contributed by atoms with van der Waals surface area (Å²) in [6.45, 7) is 6.71. The normalized spacial score (nSPS) is 11.6. The van der Waals surface area contributed by atoms with Gasteiger partial charge in [-0.15, -0.1) is 0 Å². The predicted molar refractivity (Wildman–Crippen MR) is 76.5 cm³/mol. The fourth-order valence-electron chi connectivity index (χ4n) is 2.21. The molecule has 106 valence electrons. The number of pyridine rings is 1. The van der Waals surface area contributed by atoms with Gasteiger partial charge in [-0.1, -0.05) is 33.3 Å². The van der Waals surface area contributed by atoms with Crippen LogP contribution in [0, 0.1) is 0 Å². The molecule has 1 aromatic rings. The molecule has 0 saturated carbocycles. The van der Waals surface area contributed by atoms with Crippen LogP contribution in [0.25, 0.3) is 0 Å². The predicted octanol–water partition coefficient (Wildman–Crippen LogP) is 2.75. The number of aromatic carboxylic acids is 1. The van der Waals surface area contributed by atoms with Crippen LogP contribution in [0.5, 0.6) is 0 Å². The van der Waals surface area contributed by atoms with E-state index in [1.54, 1.807) is 6.20 Å². The smallest absolute Gasteiger partial charge is 0.354 e. The number of hydrogen-bond donors (Lipinski definition) is 2. The largest absolute Gasteiger partial charge is 0.477 e. The first kappa shape index (κ1) is 15.6. The number of carboxylic acids is 1. The number of hydrogen-bond acceptors (Lipinski definition) is 3. The highest BCUT2D eigenvalue weighted by Crippen LogP contribution is 2.29. The molecule has 1 rings (SSSR count). The van der Waals surface area contributed by atoms with Crippen molar-refractivity contribution in [2.45, 2.75) is 51.9 Å². The van der Waals surface area contributed by atoms with E-state index in [9.17, 15) is 9.90 Å². The van der Waals surface area contributed by atoms with Gasteiger partial charge in [0.05, 0.1) is 0 Å². The molecule has 0 aliphatic rings. The van der Waals surface area contributed by atoms with Crippen molar-refractivity contribution in [2.24, 2.45) is 5.73 Å². The summed E-state index contributed by atoms with van der Waals surface area (Å²) in [7, 11) is 0. The molecule has 0 unspecified atom stereocenters. The summed E-state index contributed by atoms with van der Waals surface area (Å²) in [5, 5.41) is 9.27. The minimum atomic E-state index is -0.970. The van der Waals surface area contributed by atoms with Crippen LogP contribution in [0.2, 0.25) is 0 Å². The lowest BCUT2D eigenvalue weighted by molar-refractivity contribution is 0.0687. The van der Waals surface area contributed by atoms with Gasteiger partial charge in [-0.2, -0.15) is 0 Å². The van der Waals surface area contributed by atoms with E-state index in [2.05, 4.69) is 11.9 Å². The fraction of sp³-hybridized carbons (Fsp3) is 0.600. The zero-order chi connectivity index (χ0) is 14.5. The molecule has 19 heavy (non-hydrogen) atoms. The third-order valence-corrected chi connectivity index (χ3v) is 3.46. The second-order valence-corrected chi connectivity index (χ2v) is 5.57. The molecule has 0 atom stereocenters. The van der Waals surface area contributed by atoms with Gasteiger partial charge in [-0.05, 0) is 42.3 Å². The molecule has 0 aliphatic heterocycles. The highest BCUT2D eigenvalue weighted by molar-refractivity contribution is 5.87. The quantitative estimate of drug-likeness (QED) is 0.794. The van der Waals surface area contributed by atoms with Gasteiger partial charge in [0.25, 0.3) is 0 Å². The molecular formula is C15H24N2O2. The van der Waals surface area contributed by atoms with E-state index in [-0.39, 0.29) is 11.1 Å². The van der Waals surface area contributed by atoms with Crippen LogP contribution in [0.4, 0.5) is 0 Å². The van der Waals surface area contributed by atoms with Gasteiger partial charge in [-0.25, -0.2) is 9.78 Å². The third-order valence-electron chi connectivity index (χ3n) is 3.46. The van der Waals surface area contributed by atoms with Crippen molar-refractivity contribution < 1.29 is 9.90 Å². The number of unbranched alkanes of at least 4 members (excludes halogenated alkanes) is 1. The summed E-state index contributed by atoms with van der Waals surface area (Å²) in [6, 6.07) is 1.99. The molecule has 0 radical (unpaired) electrons. The van der Waals surface area contributed by atoms with Crippen LogP contribution in [0.1, 0.15) is 61.6 Å². The van der Waals surface area contributed by atoms with Crippen molar-refractivity contribution in [1.29, 1.82) is 0 Å². The van der Waals surface area contributed by atoms with E-state index in [1.165, 1.54) is 0 Å². The van der Waals surface area contributed by atoms with Crippen LogP contribution in [-0.2, 0) is 11.8 Å². The van der Waals surface area contributed by atoms with Gasteiger partial charge in [0.1, 0.15) is 0 Å². The van der Waals surface area contributed by atoms with E-state index < -0.39 is 5.97 Å². The Hall–Kier alpha value is -1.42. The van der Waals surface area contributed by atoms with Gasteiger partial charge in [-0.3, -0.25) is 0 Å². The molecule has 0 aliphatic carbocycles. The Morgan fingerprint density at radius 1 is 1.47 bits per heavy atom. The summed E-state index contributed by atoms with van der Waals surface area (Å²) < 4.78 is 0. The lowest BCUT2D eigenvalue weighted by Gasteiger charge is -2.26. The Kier molecular flexibility index (Phi) is 5.48. The van der Waals surface area contributed by atoms with E-state index in [0.29, 0.717) is 6.54 Å². The van der Waals surface area contributed by atoms with Gasteiger partial charge in [0.2, 0.25) is 0 Å². The highest BCUT2D eigenvalue weighted by atomic mass is 16.4. The molecule has 4 nitrogen and oxygen atoms in total. The van der Waals surface area contributed by atoms with Crippen LogP contribution < -0.4 is 5.73 Å². The first-order valence-electron chi connectivity index (χ1n) is 6.85. The van der Waals surface area contributed by atoms with Crippen LogP contribution >= 0.6 is 0 Å². The number of carbonyl (C=O) groups is 1. The third kappa shape index (κ3) is 4.03. The van der Waals surface area contributed by atoms with E-state index in [1.807, 2.05) is 19.9 Å². The topological polar surface area (TPSA) is 76.2 Å². The zero-order valence-electron chi connectivity index (χ0n) is 12.1. The number of aromatic nitrogens is 1. The standard InChI is InChI=1S/C15H24N2O2/c1-4-5-6-11-9-12(15(2,3)7-8-16)13(14(18)19)17-10-11/h9-10H,4-8,16H2,1-3H3,(H,18,19). The first-order valence-corrected chi connectivity index (χ1v) is 6.85. The average Bonchev–Trinajstić information content (AvgIpc) is 2.35. The zero-order valence-corrected chi connectivity index (χ0v) is 12.1. The SMILES string of the molecule is CCCCc1cnc(C(=O)O)c(C(C)(C)CCN)c1. The molecule has 0 saturated heterocycles. The van der Waals surface area contributed by atoms with Crippen molar-refractivity contribution in [3.63, 3.8) is 0 Å². The summed E-state index contributed by atoms with van der Waals surface area (Å²) in [5.41, 5.74) is 7.41. The fourth-order valence-corrected chi connectivity index (χ4v) is 2.21. The minimum absolute atomic E-state index is 0.152. The van der Waals surface area contributed by atoms with Crippen molar-refractivity contribution >= 4 is 5.97 Å². The highest BCUT2D eigenvalue weighted by Gasteiger charge is 2.26. The van der Waals surface area contributed by atoms with E-state index in [4.69, 9.17) is 5.73 Å². The Labute approximate surface area is 115 Å². The molecule has 4 heteroatoms. The molecule has 0 aromatic carbocycles. The summed E-state index contributed by atoms with van der Waals surface area (Å²) >= 11 is 0. The van der Waals surface area contributed by atoms with Crippen molar-refractivity contribution in [3.05, 3.63) is 29.1 Å². The second kappa shape index (κ2) is 6.66. The summed E-state index contributed by atoms with van der Waals surface area (Å²) in [4.78, 5) is 15.4. The van der Waals surface area contributed by atoms with Gasteiger partial charge in [0, 0.05) is 6.20 Å². The lowest BCUT2D eigenvalue weighted by atomic mass is 9.80. The minimum Gasteiger partial charge on any atom is -0.477 e. The monoisotopic (exact) mass is 264 g/mol. The summed E-state index contributed by atoms with van der Waals surface area (Å²) in [5.74, 6) is -0.970. The maximum absolute atomic E-state index is 11.3. The first-order chi connectivity index (χ1) is 8.92. The second-order valence-electron chi connectivity index (χ2n) is 5.57. The number of nitrogens with two attached hydrogens (primary N) is 1. The Bertz CT molecular complexity index is 442. The van der Waals surface area contributed by atoms with Crippen molar-refractivity contribution in [2.75, 3.05) is 6.54 Å². The summed E-state index contributed by atoms with van der Waals surface area (Å²) in [6.07, 6.45) is 5.56. The number of aryl methyl sites for hydroxylation is 1. The average molecular weight is 264 g/mol.